The van der Waals surface area contributed by atoms with Gasteiger partial charge in [0.25, 0.3) is 0 Å². The molecule has 0 aromatic heterocycles. The highest BCUT2D eigenvalue weighted by atomic mass is 16.6. The fourth-order valence-electron chi connectivity index (χ4n) is 5.55. The highest BCUT2D eigenvalue weighted by Gasteiger charge is 2.48. The van der Waals surface area contributed by atoms with E-state index in [9.17, 15) is 9.90 Å². The summed E-state index contributed by atoms with van der Waals surface area (Å²) < 4.78 is 18.8. The van der Waals surface area contributed by atoms with Gasteiger partial charge in [-0.3, -0.25) is 0 Å². The third-order valence-electron chi connectivity index (χ3n) is 8.38. The molecule has 3 aliphatic rings. The summed E-state index contributed by atoms with van der Waals surface area (Å²) in [6.45, 7) is 8.50. The summed E-state index contributed by atoms with van der Waals surface area (Å²) in [5.41, 5.74) is 0.435. The number of allylic oxidation sites excluding steroid dienone is 6. The predicted molar refractivity (Wildman–Crippen MR) is 155 cm³/mol. The number of esters is 1. The molecule has 2 saturated heterocycles. The fraction of sp³-hybridized carbons (Fsp3) is 0.606. The SMILES string of the molecule is CC1=C[C@H]2O[C@@H](C/C=C/C=C/C(=O)O[C@@H]3C[C@@H](/C=C/CC=C1)O[C@@H](C/C=C\CCO)[C@]3(C)CO)C[C@H](C)[C@H]2C. The Morgan fingerprint density at radius 2 is 1.87 bits per heavy atom. The third kappa shape index (κ3) is 9.14. The molecule has 6 heteroatoms. The van der Waals surface area contributed by atoms with Crippen LogP contribution in [0.3, 0.4) is 0 Å². The summed E-state index contributed by atoms with van der Waals surface area (Å²) in [4.78, 5) is 12.8. The Hall–Kier alpha value is -2.25. The molecule has 0 radical (unpaired) electrons. The molecule has 2 N–H and O–H groups in total. The van der Waals surface area contributed by atoms with Gasteiger partial charge in [-0.05, 0) is 50.9 Å². The average Bonchev–Trinajstić information content (AvgIpc) is 2.90. The van der Waals surface area contributed by atoms with Crippen LogP contribution in [0, 0.1) is 17.3 Å². The molecule has 4 bridgehead atoms. The summed E-state index contributed by atoms with van der Waals surface area (Å²) in [5, 5.41) is 19.5. The maximum absolute atomic E-state index is 12.8. The zero-order valence-electron chi connectivity index (χ0n) is 24.1. The highest BCUT2D eigenvalue weighted by molar-refractivity contribution is 5.82. The molecule has 3 heterocycles. The molecule has 0 spiro atoms. The van der Waals surface area contributed by atoms with Crippen LogP contribution in [0.4, 0.5) is 0 Å². The lowest BCUT2D eigenvalue weighted by Crippen LogP contribution is -2.55. The lowest BCUT2D eigenvalue weighted by atomic mass is 9.73. The summed E-state index contributed by atoms with van der Waals surface area (Å²) in [6.07, 6.45) is 24.9. The lowest BCUT2D eigenvalue weighted by molar-refractivity contribution is -0.198. The minimum absolute atomic E-state index is 0.0835. The Bertz CT molecular complexity index is 959. The first-order chi connectivity index (χ1) is 18.8. The van der Waals surface area contributed by atoms with Crippen molar-refractivity contribution >= 4 is 5.97 Å². The van der Waals surface area contributed by atoms with Gasteiger partial charge in [0.2, 0.25) is 0 Å². The zero-order chi connectivity index (χ0) is 28.3. The van der Waals surface area contributed by atoms with Crippen LogP contribution in [-0.2, 0) is 19.0 Å². The first-order valence-electron chi connectivity index (χ1n) is 14.5. The van der Waals surface area contributed by atoms with Gasteiger partial charge in [-0.15, -0.1) is 0 Å². The molecular weight excluding hydrogens is 492 g/mol. The first kappa shape index (κ1) is 31.3. The molecule has 0 aromatic carbocycles. The van der Waals surface area contributed by atoms with Gasteiger partial charge in [-0.25, -0.2) is 4.79 Å². The van der Waals surface area contributed by atoms with Gasteiger partial charge in [-0.2, -0.15) is 0 Å². The molecular formula is C33H48O6. The average molecular weight is 541 g/mol. The molecule has 6 nitrogen and oxygen atoms in total. The van der Waals surface area contributed by atoms with E-state index in [4.69, 9.17) is 19.3 Å². The number of hydrogen-bond acceptors (Lipinski definition) is 6. The van der Waals surface area contributed by atoms with E-state index in [1.54, 1.807) is 6.08 Å². The quantitative estimate of drug-likeness (QED) is 0.340. The second-order valence-corrected chi connectivity index (χ2v) is 11.5. The normalized spacial score (nSPS) is 39.0. The molecule has 0 aromatic rings. The van der Waals surface area contributed by atoms with Gasteiger partial charge >= 0.3 is 5.97 Å². The Kier molecular flexibility index (Phi) is 12.4. The van der Waals surface area contributed by atoms with Crippen molar-refractivity contribution in [1.82, 2.24) is 0 Å². The highest BCUT2D eigenvalue weighted by Crippen LogP contribution is 2.41. The van der Waals surface area contributed by atoms with Crippen LogP contribution >= 0.6 is 0 Å². The molecule has 0 amide bonds. The number of ether oxygens (including phenoxy) is 3. The third-order valence-corrected chi connectivity index (χ3v) is 8.38. The Morgan fingerprint density at radius 3 is 2.64 bits per heavy atom. The lowest BCUT2D eigenvalue weighted by Gasteiger charge is -2.47. The molecule has 2 fully saturated rings. The first-order valence-corrected chi connectivity index (χ1v) is 14.5. The number of fused-ring (bicyclic) bond motifs is 4. The van der Waals surface area contributed by atoms with Crippen molar-refractivity contribution in [3.05, 3.63) is 72.4 Å². The molecule has 0 saturated carbocycles. The van der Waals surface area contributed by atoms with Gasteiger partial charge in [0.15, 0.2) is 0 Å². The van der Waals surface area contributed by atoms with Crippen molar-refractivity contribution in [3.63, 3.8) is 0 Å². The maximum Gasteiger partial charge on any atom is 0.331 e. The number of aliphatic hydroxyl groups excluding tert-OH is 2. The van der Waals surface area contributed by atoms with Crippen molar-refractivity contribution in [3.8, 4) is 0 Å². The molecule has 3 aliphatic heterocycles. The van der Waals surface area contributed by atoms with Crippen LogP contribution in [0.2, 0.25) is 0 Å². The van der Waals surface area contributed by atoms with E-state index in [0.717, 1.165) is 19.3 Å². The van der Waals surface area contributed by atoms with Gasteiger partial charge in [0.1, 0.15) is 6.10 Å². The van der Waals surface area contributed by atoms with Crippen molar-refractivity contribution in [2.75, 3.05) is 13.2 Å². The molecule has 3 rings (SSSR count). The molecule has 0 unspecified atom stereocenters. The largest absolute Gasteiger partial charge is 0.458 e. The molecule has 39 heavy (non-hydrogen) atoms. The number of rotatable bonds is 5. The van der Waals surface area contributed by atoms with E-state index in [-0.39, 0.29) is 37.6 Å². The number of hydrogen-bond donors (Lipinski definition) is 2. The van der Waals surface area contributed by atoms with E-state index in [1.165, 1.54) is 11.6 Å². The Labute approximate surface area is 234 Å². The molecule has 0 aliphatic carbocycles. The molecule has 8 atom stereocenters. The zero-order valence-corrected chi connectivity index (χ0v) is 24.1. The monoisotopic (exact) mass is 540 g/mol. The van der Waals surface area contributed by atoms with E-state index in [0.29, 0.717) is 31.1 Å². The summed E-state index contributed by atoms with van der Waals surface area (Å²) >= 11 is 0. The van der Waals surface area contributed by atoms with E-state index < -0.39 is 17.5 Å². The summed E-state index contributed by atoms with van der Waals surface area (Å²) in [5.74, 6) is 0.585. The minimum Gasteiger partial charge on any atom is -0.458 e. The Balaban J connectivity index is 1.84. The van der Waals surface area contributed by atoms with Crippen LogP contribution in [0.5, 0.6) is 0 Å². The minimum atomic E-state index is -0.755. The van der Waals surface area contributed by atoms with Crippen LogP contribution < -0.4 is 0 Å². The summed E-state index contributed by atoms with van der Waals surface area (Å²) in [7, 11) is 0. The van der Waals surface area contributed by atoms with Crippen molar-refractivity contribution in [1.29, 1.82) is 0 Å². The predicted octanol–water partition coefficient (Wildman–Crippen LogP) is 5.78. The number of carbonyl (C=O) groups is 1. The molecule has 216 valence electrons. The topological polar surface area (TPSA) is 85.2 Å². The van der Waals surface area contributed by atoms with Gasteiger partial charge in [0, 0.05) is 19.1 Å². The number of aliphatic hydroxyl groups is 2. The van der Waals surface area contributed by atoms with Crippen molar-refractivity contribution in [2.45, 2.75) is 96.7 Å². The van der Waals surface area contributed by atoms with E-state index in [1.807, 2.05) is 37.3 Å². The maximum atomic E-state index is 12.8. The van der Waals surface area contributed by atoms with Gasteiger partial charge in [-0.1, -0.05) is 87.1 Å². The number of carbonyl (C=O) groups excluding carboxylic acids is 1. The van der Waals surface area contributed by atoms with Crippen molar-refractivity contribution in [2.24, 2.45) is 17.3 Å². The second-order valence-electron chi connectivity index (χ2n) is 11.5. The van der Waals surface area contributed by atoms with Crippen LogP contribution in [0.1, 0.15) is 66.2 Å². The van der Waals surface area contributed by atoms with Gasteiger partial charge in [0.05, 0.1) is 36.4 Å². The fourth-order valence-corrected chi connectivity index (χ4v) is 5.55. The van der Waals surface area contributed by atoms with E-state index >= 15 is 0 Å². The standard InChI is InChI=1S/C33H48O6/c1-24-14-8-5-9-16-28-22-31(33(4,23-35)30(38-28)17-11-7-13-19-34)39-32(36)18-12-6-10-15-27-21-25(2)26(3)29(20-24)37-27/h6-12,14,16,18,20,25-31,34-35H,5,13,15,17,19,21-23H2,1-4H3/b10-6+,11-7-,14-8?,16-9+,18-12+,24-20?/t25-,26+,27-,28+,29+,30-,31+,33-/m0/s1. The van der Waals surface area contributed by atoms with Crippen molar-refractivity contribution < 1.29 is 29.2 Å². The van der Waals surface area contributed by atoms with Crippen LogP contribution in [0.25, 0.3) is 0 Å². The Morgan fingerprint density at radius 1 is 1.05 bits per heavy atom. The van der Waals surface area contributed by atoms with Crippen LogP contribution in [-0.4, -0.2) is 59.9 Å². The van der Waals surface area contributed by atoms with Crippen LogP contribution in [0.15, 0.2) is 72.4 Å². The summed E-state index contributed by atoms with van der Waals surface area (Å²) in [6, 6.07) is 0. The van der Waals surface area contributed by atoms with Gasteiger partial charge < -0.3 is 24.4 Å². The smallest absolute Gasteiger partial charge is 0.331 e. The van der Waals surface area contributed by atoms with E-state index in [2.05, 4.69) is 45.1 Å². The second kappa shape index (κ2) is 15.5.